The summed E-state index contributed by atoms with van der Waals surface area (Å²) < 4.78 is 54.0. The third-order valence-corrected chi connectivity index (χ3v) is 2.58. The van der Waals surface area contributed by atoms with Crippen LogP contribution in [0.2, 0.25) is 0 Å². The van der Waals surface area contributed by atoms with Crippen LogP contribution in [-0.4, -0.2) is 25.1 Å². The Morgan fingerprint density at radius 3 is 2.07 bits per heavy atom. The Bertz CT molecular complexity index is 268. The average Bonchev–Trinajstić information content (AvgIpc) is 1.98. The Morgan fingerprint density at radius 2 is 1.87 bits per heavy atom. The Hall–Kier alpha value is 0.00740. The van der Waals surface area contributed by atoms with Crippen LogP contribution in [0.1, 0.15) is 6.92 Å². The van der Waals surface area contributed by atoms with Crippen LogP contribution in [0.25, 0.3) is 0 Å². The zero-order valence-electron chi connectivity index (χ0n) is 8.20. The standard InChI is InChI=1S/C5H8F3O5P.Li/c1-3(9)13-4(5(6,7)8)14(10,11)12-2;/h4H,1-2H3,(H,10,11);/q;+1/p-1. The third-order valence-electron chi connectivity index (χ3n) is 1.10. The molecule has 0 fully saturated rings. The van der Waals surface area contributed by atoms with E-state index < -0.39 is 25.6 Å². The molecule has 0 aliphatic heterocycles. The molecule has 0 heterocycles. The fraction of sp³-hybridized carbons (Fsp3) is 0.800. The van der Waals surface area contributed by atoms with E-state index in [2.05, 4.69) is 9.26 Å². The summed E-state index contributed by atoms with van der Waals surface area (Å²) in [7, 11) is -4.73. The molecule has 84 valence electrons. The van der Waals surface area contributed by atoms with Crippen LogP contribution >= 0.6 is 7.60 Å². The molecule has 0 saturated carbocycles. The topological polar surface area (TPSA) is 75.7 Å². The Balaban J connectivity index is 0. The molecule has 0 N–H and O–H groups in total. The van der Waals surface area contributed by atoms with Gasteiger partial charge in [-0.3, -0.25) is 4.79 Å². The number of esters is 1. The van der Waals surface area contributed by atoms with Gasteiger partial charge < -0.3 is 18.7 Å². The molecule has 2 unspecified atom stereocenters. The summed E-state index contributed by atoms with van der Waals surface area (Å²) in [5, 5.41) is 0. The zero-order valence-corrected chi connectivity index (χ0v) is 9.09. The summed E-state index contributed by atoms with van der Waals surface area (Å²) in [5.41, 5.74) is 0. The number of carbonyl (C=O) groups excluding carboxylic acids is 1. The first-order valence-corrected chi connectivity index (χ1v) is 4.83. The zero-order chi connectivity index (χ0) is 11.6. The molecular formula is C5H7F3LiO5P. The molecule has 10 heteroatoms. The first kappa shape index (κ1) is 17.4. The number of rotatable bonds is 3. The van der Waals surface area contributed by atoms with Crippen molar-refractivity contribution in [1.82, 2.24) is 0 Å². The number of hydrogen-bond acceptors (Lipinski definition) is 5. The molecule has 0 radical (unpaired) electrons. The summed E-state index contributed by atoms with van der Waals surface area (Å²) in [6.07, 6.45) is -5.21. The van der Waals surface area contributed by atoms with Crippen molar-refractivity contribution in [2.24, 2.45) is 0 Å². The number of hydrogen-bond donors (Lipinski definition) is 0. The van der Waals surface area contributed by atoms with E-state index in [4.69, 9.17) is 0 Å². The van der Waals surface area contributed by atoms with Gasteiger partial charge in [-0.1, -0.05) is 0 Å². The van der Waals surface area contributed by atoms with Crippen LogP contribution in [-0.2, 0) is 18.6 Å². The van der Waals surface area contributed by atoms with E-state index in [9.17, 15) is 27.4 Å². The fourth-order valence-electron chi connectivity index (χ4n) is 0.564. The maximum absolute atomic E-state index is 12.0. The predicted octanol–water partition coefficient (Wildman–Crippen LogP) is -2.36. The molecule has 0 aromatic heterocycles. The molecule has 0 aromatic carbocycles. The van der Waals surface area contributed by atoms with Crippen LogP contribution in [0.3, 0.4) is 0 Å². The van der Waals surface area contributed by atoms with E-state index in [1.807, 2.05) is 0 Å². The Morgan fingerprint density at radius 1 is 1.47 bits per heavy atom. The predicted molar refractivity (Wildman–Crippen MR) is 36.2 cm³/mol. The SMILES string of the molecule is COP(=O)([O-])C(OC(C)=O)C(F)(F)F.[Li+]. The number of carbonyl (C=O) groups is 1. The van der Waals surface area contributed by atoms with Gasteiger partial charge in [0.2, 0.25) is 0 Å². The number of halogens is 3. The monoisotopic (exact) mass is 242 g/mol. The summed E-state index contributed by atoms with van der Waals surface area (Å²) in [4.78, 5) is 20.9. The van der Waals surface area contributed by atoms with E-state index in [0.29, 0.717) is 14.0 Å². The van der Waals surface area contributed by atoms with Crippen molar-refractivity contribution < 1.29 is 55.5 Å². The average molecular weight is 242 g/mol. The van der Waals surface area contributed by atoms with Gasteiger partial charge in [0.25, 0.3) is 5.85 Å². The van der Waals surface area contributed by atoms with Crippen molar-refractivity contribution in [3.05, 3.63) is 0 Å². The molecule has 0 aromatic rings. The van der Waals surface area contributed by atoms with E-state index >= 15 is 0 Å². The maximum atomic E-state index is 12.0. The van der Waals surface area contributed by atoms with Crippen molar-refractivity contribution >= 4 is 13.6 Å². The summed E-state index contributed by atoms with van der Waals surface area (Å²) in [6.45, 7) is 0.661. The van der Waals surface area contributed by atoms with Crippen LogP contribution < -0.4 is 23.8 Å². The molecule has 0 spiro atoms. The minimum absolute atomic E-state index is 0. The summed E-state index contributed by atoms with van der Waals surface area (Å²) in [6, 6.07) is 0. The minimum Gasteiger partial charge on any atom is -0.776 e. The van der Waals surface area contributed by atoms with Crippen molar-refractivity contribution in [3.8, 4) is 0 Å². The van der Waals surface area contributed by atoms with Gasteiger partial charge in [-0.2, -0.15) is 13.2 Å². The maximum Gasteiger partial charge on any atom is 1.00 e. The van der Waals surface area contributed by atoms with Gasteiger partial charge in [-0.25, -0.2) is 0 Å². The fourth-order valence-corrected chi connectivity index (χ4v) is 1.39. The molecule has 0 bridgehead atoms. The van der Waals surface area contributed by atoms with E-state index in [-0.39, 0.29) is 18.9 Å². The van der Waals surface area contributed by atoms with Crippen LogP contribution in [0.4, 0.5) is 13.2 Å². The van der Waals surface area contributed by atoms with Gasteiger partial charge in [0.15, 0.2) is 7.60 Å². The summed E-state index contributed by atoms with van der Waals surface area (Å²) >= 11 is 0. The van der Waals surface area contributed by atoms with Gasteiger partial charge >= 0.3 is 31.0 Å². The minimum atomic E-state index is -5.28. The largest absolute Gasteiger partial charge is 1.00 e. The Labute approximate surface area is 95.6 Å². The summed E-state index contributed by atoms with van der Waals surface area (Å²) in [5.74, 6) is -4.61. The second-order valence-electron chi connectivity index (χ2n) is 2.23. The molecular weight excluding hydrogens is 235 g/mol. The van der Waals surface area contributed by atoms with Gasteiger partial charge in [0.1, 0.15) is 0 Å². The van der Waals surface area contributed by atoms with Crippen molar-refractivity contribution in [3.63, 3.8) is 0 Å². The first-order chi connectivity index (χ1) is 6.11. The molecule has 0 amide bonds. The molecule has 2 atom stereocenters. The normalized spacial score (nSPS) is 17.2. The molecule has 15 heavy (non-hydrogen) atoms. The quantitative estimate of drug-likeness (QED) is 0.314. The van der Waals surface area contributed by atoms with Crippen molar-refractivity contribution in [2.75, 3.05) is 7.11 Å². The molecule has 0 aliphatic carbocycles. The van der Waals surface area contributed by atoms with Gasteiger partial charge in [0.05, 0.1) is 0 Å². The van der Waals surface area contributed by atoms with Crippen LogP contribution in [0.15, 0.2) is 0 Å². The van der Waals surface area contributed by atoms with Gasteiger partial charge in [-0.15, -0.1) is 0 Å². The van der Waals surface area contributed by atoms with E-state index in [1.54, 1.807) is 0 Å². The second kappa shape index (κ2) is 5.92. The van der Waals surface area contributed by atoms with Gasteiger partial charge in [0, 0.05) is 14.0 Å². The molecule has 0 rings (SSSR count). The second-order valence-corrected chi connectivity index (χ2v) is 4.14. The van der Waals surface area contributed by atoms with Crippen molar-refractivity contribution in [1.29, 1.82) is 0 Å². The van der Waals surface area contributed by atoms with Crippen LogP contribution in [0.5, 0.6) is 0 Å². The van der Waals surface area contributed by atoms with E-state index in [0.717, 1.165) is 0 Å². The molecule has 5 nitrogen and oxygen atoms in total. The third kappa shape index (κ3) is 5.59. The number of alkyl halides is 3. The first-order valence-electron chi connectivity index (χ1n) is 3.21. The van der Waals surface area contributed by atoms with Crippen molar-refractivity contribution in [2.45, 2.75) is 18.9 Å². The smallest absolute Gasteiger partial charge is 0.776 e. The number of ether oxygens (including phenoxy) is 1. The van der Waals surface area contributed by atoms with E-state index in [1.165, 1.54) is 0 Å². The van der Waals surface area contributed by atoms with Gasteiger partial charge in [-0.05, 0) is 0 Å². The van der Waals surface area contributed by atoms with Crippen LogP contribution in [0, 0.1) is 0 Å². The Kier molecular flexibility index (Phi) is 6.87. The molecule has 0 aliphatic rings. The molecule has 0 saturated heterocycles.